The number of unbranched alkanes of at least 4 members (excludes halogenated alkanes) is 1. The van der Waals surface area contributed by atoms with Crippen molar-refractivity contribution in [1.82, 2.24) is 0 Å². The summed E-state index contributed by atoms with van der Waals surface area (Å²) in [6.45, 7) is 4.42. The number of hydrogen-bond acceptors (Lipinski definition) is 0. The second-order valence-corrected chi connectivity index (χ2v) is 4.31. The molecule has 0 nitrogen and oxygen atoms in total. The van der Waals surface area contributed by atoms with E-state index < -0.39 is 0 Å². The van der Waals surface area contributed by atoms with Gasteiger partial charge in [0, 0.05) is 0 Å². The maximum absolute atomic E-state index is 2.36. The molecule has 80 valence electrons. The van der Waals surface area contributed by atoms with E-state index >= 15 is 0 Å². The highest BCUT2D eigenvalue weighted by atomic mass is 14.2. The first-order valence-corrected chi connectivity index (χ1v) is 6.21. The van der Waals surface area contributed by atoms with Gasteiger partial charge in [-0.1, -0.05) is 50.8 Å². The normalized spacial score (nSPS) is 20.6. The molecular weight excluding hydrogens is 168 g/mol. The molecule has 0 spiro atoms. The van der Waals surface area contributed by atoms with Gasteiger partial charge in [-0.3, -0.25) is 0 Å². The standard InChI is InChI=1S/C14H24/c1-3-5-7-10-13(4-2)14-11-8-6-9-12-14/h4,7,10,14H,3,5-6,8-9,11-12H2,1-2H3. The van der Waals surface area contributed by atoms with Gasteiger partial charge in [-0.25, -0.2) is 0 Å². The summed E-state index contributed by atoms with van der Waals surface area (Å²) in [6.07, 6.45) is 16.6. The molecule has 1 fully saturated rings. The molecule has 0 N–H and O–H groups in total. The van der Waals surface area contributed by atoms with Crippen molar-refractivity contribution in [3.63, 3.8) is 0 Å². The fourth-order valence-electron chi connectivity index (χ4n) is 2.29. The molecular formula is C14H24. The van der Waals surface area contributed by atoms with E-state index in [-0.39, 0.29) is 0 Å². The minimum absolute atomic E-state index is 0.863. The summed E-state index contributed by atoms with van der Waals surface area (Å²) in [4.78, 5) is 0. The van der Waals surface area contributed by atoms with Gasteiger partial charge in [0.05, 0.1) is 0 Å². The van der Waals surface area contributed by atoms with E-state index in [1.165, 1.54) is 44.9 Å². The van der Waals surface area contributed by atoms with Crippen LogP contribution in [-0.4, -0.2) is 0 Å². The van der Waals surface area contributed by atoms with E-state index in [0.717, 1.165) is 5.92 Å². The summed E-state index contributed by atoms with van der Waals surface area (Å²) in [5, 5.41) is 0. The van der Waals surface area contributed by atoms with Gasteiger partial charge in [0.1, 0.15) is 0 Å². The molecule has 0 atom stereocenters. The molecule has 14 heavy (non-hydrogen) atoms. The van der Waals surface area contributed by atoms with Crippen LogP contribution in [0.5, 0.6) is 0 Å². The molecule has 0 aromatic heterocycles. The van der Waals surface area contributed by atoms with Crippen molar-refractivity contribution in [2.24, 2.45) is 5.92 Å². The van der Waals surface area contributed by atoms with Crippen molar-refractivity contribution in [1.29, 1.82) is 0 Å². The molecule has 0 bridgehead atoms. The molecule has 0 aromatic rings. The minimum Gasteiger partial charge on any atom is -0.0843 e. The lowest BCUT2D eigenvalue weighted by atomic mass is 9.83. The van der Waals surface area contributed by atoms with Crippen LogP contribution >= 0.6 is 0 Å². The van der Waals surface area contributed by atoms with Gasteiger partial charge in [0.15, 0.2) is 0 Å². The van der Waals surface area contributed by atoms with Crippen molar-refractivity contribution in [2.75, 3.05) is 0 Å². The number of rotatable bonds is 4. The zero-order valence-corrected chi connectivity index (χ0v) is 9.76. The Kier molecular flexibility index (Phi) is 5.66. The predicted octanol–water partition coefficient (Wildman–Crippen LogP) is 4.87. The maximum Gasteiger partial charge on any atom is -0.0165 e. The average Bonchev–Trinajstić information content (AvgIpc) is 2.26. The fourth-order valence-corrected chi connectivity index (χ4v) is 2.29. The fraction of sp³-hybridized carbons (Fsp3) is 0.714. The first kappa shape index (κ1) is 11.6. The largest absolute Gasteiger partial charge is 0.0843 e. The highest BCUT2D eigenvalue weighted by Crippen LogP contribution is 2.30. The van der Waals surface area contributed by atoms with Gasteiger partial charge >= 0.3 is 0 Å². The number of allylic oxidation sites excluding steroid dienone is 4. The Balaban J connectivity index is 2.44. The Bertz CT molecular complexity index is 192. The summed E-state index contributed by atoms with van der Waals surface area (Å²) < 4.78 is 0. The zero-order valence-electron chi connectivity index (χ0n) is 9.76. The summed E-state index contributed by atoms with van der Waals surface area (Å²) in [7, 11) is 0. The second-order valence-electron chi connectivity index (χ2n) is 4.31. The monoisotopic (exact) mass is 192 g/mol. The number of hydrogen-bond donors (Lipinski definition) is 0. The molecule has 0 aliphatic heterocycles. The molecule has 0 aromatic carbocycles. The molecule has 0 amide bonds. The maximum atomic E-state index is 2.36. The highest BCUT2D eigenvalue weighted by molar-refractivity contribution is 5.21. The topological polar surface area (TPSA) is 0 Å². The quantitative estimate of drug-likeness (QED) is 0.557. The average molecular weight is 192 g/mol. The van der Waals surface area contributed by atoms with E-state index in [4.69, 9.17) is 0 Å². The van der Waals surface area contributed by atoms with Crippen LogP contribution in [0.25, 0.3) is 0 Å². The molecule has 1 saturated carbocycles. The van der Waals surface area contributed by atoms with Crippen molar-refractivity contribution >= 4 is 0 Å². The Labute approximate surface area is 89.1 Å². The lowest BCUT2D eigenvalue weighted by Crippen LogP contribution is -2.07. The van der Waals surface area contributed by atoms with Crippen LogP contribution in [0, 0.1) is 5.92 Å². The third-order valence-electron chi connectivity index (χ3n) is 3.18. The molecule has 0 saturated heterocycles. The van der Waals surface area contributed by atoms with E-state index in [0.29, 0.717) is 0 Å². The SMILES string of the molecule is CC=C(C=CCCC)C1CCCCC1. The molecule has 1 rings (SSSR count). The molecule has 0 heterocycles. The van der Waals surface area contributed by atoms with Gasteiger partial charge in [0.25, 0.3) is 0 Å². The van der Waals surface area contributed by atoms with Crippen molar-refractivity contribution in [2.45, 2.75) is 58.8 Å². The Morgan fingerprint density at radius 3 is 2.50 bits per heavy atom. The van der Waals surface area contributed by atoms with Crippen LogP contribution in [-0.2, 0) is 0 Å². The minimum atomic E-state index is 0.863. The third kappa shape index (κ3) is 3.69. The second kappa shape index (κ2) is 6.86. The smallest absolute Gasteiger partial charge is 0.0165 e. The first-order chi connectivity index (χ1) is 6.88. The van der Waals surface area contributed by atoms with Crippen LogP contribution < -0.4 is 0 Å². The highest BCUT2D eigenvalue weighted by Gasteiger charge is 2.14. The Hall–Kier alpha value is -0.520. The lowest BCUT2D eigenvalue weighted by molar-refractivity contribution is 0.408. The van der Waals surface area contributed by atoms with E-state index in [1.54, 1.807) is 5.57 Å². The van der Waals surface area contributed by atoms with E-state index in [1.807, 2.05) is 0 Å². The van der Waals surface area contributed by atoms with Crippen molar-refractivity contribution in [3.8, 4) is 0 Å². The van der Waals surface area contributed by atoms with E-state index in [2.05, 4.69) is 32.1 Å². The van der Waals surface area contributed by atoms with Crippen molar-refractivity contribution < 1.29 is 0 Å². The van der Waals surface area contributed by atoms with Crippen LogP contribution in [0.4, 0.5) is 0 Å². The predicted molar refractivity (Wildman–Crippen MR) is 64.4 cm³/mol. The molecule has 1 aliphatic carbocycles. The van der Waals surface area contributed by atoms with Gasteiger partial charge < -0.3 is 0 Å². The van der Waals surface area contributed by atoms with Gasteiger partial charge in [-0.2, -0.15) is 0 Å². The first-order valence-electron chi connectivity index (χ1n) is 6.21. The molecule has 0 unspecified atom stereocenters. The Morgan fingerprint density at radius 2 is 1.93 bits per heavy atom. The summed E-state index contributed by atoms with van der Waals surface area (Å²) >= 11 is 0. The summed E-state index contributed by atoms with van der Waals surface area (Å²) in [6, 6.07) is 0. The van der Waals surface area contributed by atoms with Gasteiger partial charge in [-0.15, -0.1) is 0 Å². The van der Waals surface area contributed by atoms with Crippen molar-refractivity contribution in [3.05, 3.63) is 23.8 Å². The Morgan fingerprint density at radius 1 is 1.21 bits per heavy atom. The lowest BCUT2D eigenvalue weighted by Gasteiger charge is -2.22. The molecule has 0 heteroatoms. The zero-order chi connectivity index (χ0) is 10.2. The van der Waals surface area contributed by atoms with E-state index in [9.17, 15) is 0 Å². The van der Waals surface area contributed by atoms with Crippen LogP contribution in [0.2, 0.25) is 0 Å². The molecule has 0 radical (unpaired) electrons. The van der Waals surface area contributed by atoms with Gasteiger partial charge in [-0.05, 0) is 37.7 Å². The molecule has 1 aliphatic rings. The summed E-state index contributed by atoms with van der Waals surface area (Å²) in [5.74, 6) is 0.863. The van der Waals surface area contributed by atoms with Crippen LogP contribution in [0.15, 0.2) is 23.8 Å². The summed E-state index contributed by atoms with van der Waals surface area (Å²) in [5.41, 5.74) is 1.58. The van der Waals surface area contributed by atoms with Crippen LogP contribution in [0.1, 0.15) is 58.8 Å². The van der Waals surface area contributed by atoms with Gasteiger partial charge in [0.2, 0.25) is 0 Å². The van der Waals surface area contributed by atoms with Crippen LogP contribution in [0.3, 0.4) is 0 Å². The third-order valence-corrected chi connectivity index (χ3v) is 3.18.